The Bertz CT molecular complexity index is 820. The summed E-state index contributed by atoms with van der Waals surface area (Å²) >= 11 is 0. The van der Waals surface area contributed by atoms with Crippen LogP contribution < -0.4 is 10.2 Å². The number of aromatic nitrogens is 1. The number of anilines is 2. The summed E-state index contributed by atoms with van der Waals surface area (Å²) in [6.07, 6.45) is 6.40. The van der Waals surface area contributed by atoms with Gasteiger partial charge in [0.25, 0.3) is 5.91 Å². The number of carbonyl (C=O) groups excluding carboxylic acids is 2. The zero-order chi connectivity index (χ0) is 19.9. The van der Waals surface area contributed by atoms with Crippen molar-refractivity contribution in [3.05, 3.63) is 53.9 Å². The van der Waals surface area contributed by atoms with Crippen LogP contribution in [0.1, 0.15) is 60.4 Å². The number of nitrogens with one attached hydrogen (secondary N) is 1. The van der Waals surface area contributed by atoms with E-state index in [0.717, 1.165) is 18.7 Å². The molecular formula is C22H27N3O3. The van der Waals surface area contributed by atoms with E-state index in [1.54, 1.807) is 37.4 Å². The molecule has 1 amide bonds. The minimum atomic E-state index is -0.373. The summed E-state index contributed by atoms with van der Waals surface area (Å²) in [5, 5.41) is 2.84. The van der Waals surface area contributed by atoms with E-state index in [1.807, 2.05) is 12.1 Å². The first-order chi connectivity index (χ1) is 13.6. The molecule has 0 radical (unpaired) electrons. The van der Waals surface area contributed by atoms with Gasteiger partial charge in [0.2, 0.25) is 0 Å². The maximum atomic E-state index is 12.6. The number of piperidine rings is 1. The third kappa shape index (κ3) is 4.68. The topological polar surface area (TPSA) is 71.5 Å². The van der Waals surface area contributed by atoms with Gasteiger partial charge >= 0.3 is 5.97 Å². The average molecular weight is 381 g/mol. The van der Waals surface area contributed by atoms with Gasteiger partial charge in [-0.3, -0.25) is 9.78 Å². The molecule has 0 saturated carbocycles. The molecule has 0 aliphatic carbocycles. The average Bonchev–Trinajstić information content (AvgIpc) is 2.74. The Balaban J connectivity index is 1.70. The van der Waals surface area contributed by atoms with Gasteiger partial charge in [-0.15, -0.1) is 0 Å². The first-order valence-corrected chi connectivity index (χ1v) is 9.93. The SMILES string of the molecule is CCOC(=O)c1ccc(NC(=O)c2cc(N3CCCCC3CC)ccn2)cc1. The van der Waals surface area contributed by atoms with E-state index in [4.69, 9.17) is 4.74 Å². The molecule has 1 aromatic heterocycles. The normalized spacial score (nSPS) is 16.5. The van der Waals surface area contributed by atoms with Crippen LogP contribution in [0.15, 0.2) is 42.6 Å². The molecule has 3 rings (SSSR count). The molecule has 0 spiro atoms. The minimum Gasteiger partial charge on any atom is -0.462 e. The Morgan fingerprint density at radius 3 is 2.68 bits per heavy atom. The highest BCUT2D eigenvalue weighted by molar-refractivity contribution is 6.03. The first kappa shape index (κ1) is 19.9. The zero-order valence-corrected chi connectivity index (χ0v) is 16.5. The highest BCUT2D eigenvalue weighted by atomic mass is 16.5. The minimum absolute atomic E-state index is 0.268. The molecule has 1 N–H and O–H groups in total. The summed E-state index contributed by atoms with van der Waals surface area (Å²) in [5.41, 5.74) is 2.49. The van der Waals surface area contributed by atoms with Crippen LogP contribution in [0.3, 0.4) is 0 Å². The lowest BCUT2D eigenvalue weighted by molar-refractivity contribution is 0.0526. The van der Waals surface area contributed by atoms with E-state index in [2.05, 4.69) is 22.1 Å². The van der Waals surface area contributed by atoms with E-state index < -0.39 is 0 Å². The molecule has 28 heavy (non-hydrogen) atoms. The van der Waals surface area contributed by atoms with Gasteiger partial charge in [0.15, 0.2) is 0 Å². The largest absolute Gasteiger partial charge is 0.462 e. The van der Waals surface area contributed by atoms with Gasteiger partial charge in [0.05, 0.1) is 12.2 Å². The number of benzene rings is 1. The van der Waals surface area contributed by atoms with Crippen LogP contribution >= 0.6 is 0 Å². The number of esters is 1. The summed E-state index contributed by atoms with van der Waals surface area (Å²) in [4.78, 5) is 31.0. The van der Waals surface area contributed by atoms with Crippen molar-refractivity contribution in [1.82, 2.24) is 4.98 Å². The lowest BCUT2D eigenvalue weighted by Crippen LogP contribution is -2.39. The van der Waals surface area contributed by atoms with Crippen molar-refractivity contribution < 1.29 is 14.3 Å². The maximum Gasteiger partial charge on any atom is 0.338 e. The third-order valence-corrected chi connectivity index (χ3v) is 5.06. The van der Waals surface area contributed by atoms with Crippen molar-refractivity contribution in [2.24, 2.45) is 0 Å². The van der Waals surface area contributed by atoms with Crippen LogP contribution in [0, 0.1) is 0 Å². The lowest BCUT2D eigenvalue weighted by Gasteiger charge is -2.37. The number of hydrogen-bond donors (Lipinski definition) is 1. The van der Waals surface area contributed by atoms with Crippen molar-refractivity contribution in [3.8, 4) is 0 Å². The van der Waals surface area contributed by atoms with Gasteiger partial charge in [-0.2, -0.15) is 0 Å². The maximum absolute atomic E-state index is 12.6. The molecule has 1 aliphatic heterocycles. The molecule has 1 aliphatic rings. The Labute approximate surface area is 165 Å². The zero-order valence-electron chi connectivity index (χ0n) is 16.5. The highest BCUT2D eigenvalue weighted by Crippen LogP contribution is 2.26. The fourth-order valence-corrected chi connectivity index (χ4v) is 3.59. The summed E-state index contributed by atoms with van der Waals surface area (Å²) < 4.78 is 4.97. The van der Waals surface area contributed by atoms with Crippen molar-refractivity contribution >= 4 is 23.3 Å². The van der Waals surface area contributed by atoms with E-state index >= 15 is 0 Å². The van der Waals surface area contributed by atoms with E-state index in [0.29, 0.717) is 29.6 Å². The molecule has 1 aromatic carbocycles. The predicted molar refractivity (Wildman–Crippen MR) is 110 cm³/mol. The highest BCUT2D eigenvalue weighted by Gasteiger charge is 2.22. The van der Waals surface area contributed by atoms with Crippen LogP contribution in [0.25, 0.3) is 0 Å². The molecule has 2 aromatic rings. The Hall–Kier alpha value is -2.89. The fraction of sp³-hybridized carbons (Fsp3) is 0.409. The van der Waals surface area contributed by atoms with Crippen molar-refractivity contribution in [3.63, 3.8) is 0 Å². The second-order valence-corrected chi connectivity index (χ2v) is 6.90. The van der Waals surface area contributed by atoms with E-state index in [1.165, 1.54) is 19.3 Å². The molecular weight excluding hydrogens is 354 g/mol. The lowest BCUT2D eigenvalue weighted by atomic mass is 9.99. The summed E-state index contributed by atoms with van der Waals surface area (Å²) in [6.45, 7) is 5.31. The Kier molecular flexibility index (Phi) is 6.63. The summed E-state index contributed by atoms with van der Waals surface area (Å²) in [6, 6.07) is 11.0. The Morgan fingerprint density at radius 2 is 1.96 bits per heavy atom. The van der Waals surface area contributed by atoms with Gasteiger partial charge in [0, 0.05) is 30.2 Å². The quantitative estimate of drug-likeness (QED) is 0.756. The molecule has 148 valence electrons. The number of pyridine rings is 1. The smallest absolute Gasteiger partial charge is 0.338 e. The van der Waals surface area contributed by atoms with Crippen molar-refractivity contribution in [1.29, 1.82) is 0 Å². The van der Waals surface area contributed by atoms with Crippen molar-refractivity contribution in [2.75, 3.05) is 23.4 Å². The van der Waals surface area contributed by atoms with Crippen LogP contribution in [0.4, 0.5) is 11.4 Å². The molecule has 6 heteroatoms. The van der Waals surface area contributed by atoms with Gasteiger partial charge in [-0.05, 0) is 69.0 Å². The standard InChI is InChI=1S/C22H27N3O3/c1-3-18-7-5-6-14-25(18)19-12-13-23-20(15-19)21(26)24-17-10-8-16(9-11-17)22(27)28-4-2/h8-13,15,18H,3-7,14H2,1-2H3,(H,24,26). The summed E-state index contributed by atoms with van der Waals surface area (Å²) in [5.74, 6) is -0.641. The number of hydrogen-bond acceptors (Lipinski definition) is 5. The fourth-order valence-electron chi connectivity index (χ4n) is 3.59. The van der Waals surface area contributed by atoms with Gasteiger partial charge in [0.1, 0.15) is 5.69 Å². The number of nitrogens with zero attached hydrogens (tertiary/aromatic N) is 2. The van der Waals surface area contributed by atoms with Crippen molar-refractivity contribution in [2.45, 2.75) is 45.6 Å². The summed E-state index contributed by atoms with van der Waals surface area (Å²) in [7, 11) is 0. The first-order valence-electron chi connectivity index (χ1n) is 9.93. The van der Waals surface area contributed by atoms with Gasteiger partial charge < -0.3 is 15.0 Å². The van der Waals surface area contributed by atoms with Crippen LogP contribution in [-0.4, -0.2) is 36.1 Å². The molecule has 1 atom stereocenters. The predicted octanol–water partition coefficient (Wildman–Crippen LogP) is 4.28. The molecule has 0 bridgehead atoms. The number of carbonyl (C=O) groups is 2. The molecule has 2 heterocycles. The van der Waals surface area contributed by atoms with Crippen LogP contribution in [0.5, 0.6) is 0 Å². The van der Waals surface area contributed by atoms with E-state index in [-0.39, 0.29) is 11.9 Å². The number of ether oxygens (including phenoxy) is 1. The molecule has 1 fully saturated rings. The molecule has 1 unspecified atom stereocenters. The van der Waals surface area contributed by atoms with Gasteiger partial charge in [-0.1, -0.05) is 6.92 Å². The molecule has 1 saturated heterocycles. The Morgan fingerprint density at radius 1 is 1.18 bits per heavy atom. The molecule has 6 nitrogen and oxygen atoms in total. The van der Waals surface area contributed by atoms with Crippen LogP contribution in [-0.2, 0) is 4.74 Å². The second kappa shape index (κ2) is 9.35. The monoisotopic (exact) mass is 381 g/mol. The van der Waals surface area contributed by atoms with E-state index in [9.17, 15) is 9.59 Å². The second-order valence-electron chi connectivity index (χ2n) is 6.90. The third-order valence-electron chi connectivity index (χ3n) is 5.06. The van der Waals surface area contributed by atoms with Crippen LogP contribution in [0.2, 0.25) is 0 Å². The number of amides is 1. The van der Waals surface area contributed by atoms with Gasteiger partial charge in [-0.25, -0.2) is 4.79 Å². The number of rotatable bonds is 6.